The molecule has 0 saturated heterocycles. The number of amides is 1. The largest absolute Gasteiger partial charge is 0.461 e. The summed E-state index contributed by atoms with van der Waals surface area (Å²) in [6, 6.07) is 6.73. The van der Waals surface area contributed by atoms with E-state index in [2.05, 4.69) is 10.3 Å². The summed E-state index contributed by atoms with van der Waals surface area (Å²) >= 11 is 1.27. The maximum Gasteiger partial charge on any atom is 0.357 e. The van der Waals surface area contributed by atoms with Gasteiger partial charge in [-0.05, 0) is 25.1 Å². The number of nitrogens with zero attached hydrogens (tertiary/aromatic N) is 1. The molecule has 1 aromatic carbocycles. The number of hydrogen-bond donors (Lipinski definition) is 2. The zero-order valence-electron chi connectivity index (χ0n) is 10.8. The molecule has 6 nitrogen and oxygen atoms in total. The summed E-state index contributed by atoms with van der Waals surface area (Å²) in [6.45, 7) is 2.04. The quantitative estimate of drug-likeness (QED) is 0.823. The summed E-state index contributed by atoms with van der Waals surface area (Å²) in [5.41, 5.74) is 6.54. The van der Waals surface area contributed by atoms with Crippen LogP contribution in [0.25, 0.3) is 0 Å². The molecule has 0 saturated carbocycles. The molecule has 0 unspecified atom stereocenters. The maximum absolute atomic E-state index is 11.5. The first-order chi connectivity index (χ1) is 9.60. The Morgan fingerprint density at radius 1 is 1.45 bits per heavy atom. The summed E-state index contributed by atoms with van der Waals surface area (Å²) < 4.78 is 4.86. The van der Waals surface area contributed by atoms with Gasteiger partial charge in [-0.1, -0.05) is 6.07 Å². The summed E-state index contributed by atoms with van der Waals surface area (Å²) in [5.74, 6) is -0.956. The summed E-state index contributed by atoms with van der Waals surface area (Å²) in [4.78, 5) is 26.7. The highest BCUT2D eigenvalue weighted by molar-refractivity contribution is 7.14. The number of nitrogens with one attached hydrogen (secondary N) is 1. The van der Waals surface area contributed by atoms with Crippen LogP contribution in [0.5, 0.6) is 0 Å². The standard InChI is InChI=1S/C13H13N3O3S/c1-2-19-12(18)10-7-20-13(16-10)15-9-5-3-4-8(6-9)11(14)17/h3-7H,2H2,1H3,(H2,14,17)(H,15,16). The first-order valence-corrected chi connectivity index (χ1v) is 6.77. The molecule has 0 aliphatic heterocycles. The lowest BCUT2D eigenvalue weighted by molar-refractivity contribution is 0.0520. The van der Waals surface area contributed by atoms with E-state index in [0.29, 0.717) is 23.0 Å². The number of nitrogens with two attached hydrogens (primary N) is 1. The molecule has 0 spiro atoms. The molecule has 3 N–H and O–H groups in total. The Balaban J connectivity index is 2.12. The number of rotatable bonds is 5. The third kappa shape index (κ3) is 3.33. The van der Waals surface area contributed by atoms with Crippen LogP contribution in [-0.4, -0.2) is 23.5 Å². The van der Waals surface area contributed by atoms with Crippen molar-refractivity contribution in [3.63, 3.8) is 0 Å². The minimum absolute atomic E-state index is 0.255. The molecular formula is C13H13N3O3S. The number of aromatic nitrogens is 1. The Labute approximate surface area is 119 Å². The van der Waals surface area contributed by atoms with Gasteiger partial charge in [0, 0.05) is 16.6 Å². The average Bonchev–Trinajstić information content (AvgIpc) is 2.88. The molecule has 2 rings (SSSR count). The van der Waals surface area contributed by atoms with Crippen LogP contribution in [0.15, 0.2) is 29.6 Å². The van der Waals surface area contributed by atoms with Crippen LogP contribution >= 0.6 is 11.3 Å². The molecule has 1 heterocycles. The monoisotopic (exact) mass is 291 g/mol. The van der Waals surface area contributed by atoms with Gasteiger partial charge in [-0.2, -0.15) is 0 Å². The number of thiazole rings is 1. The van der Waals surface area contributed by atoms with Crippen LogP contribution in [0.2, 0.25) is 0 Å². The lowest BCUT2D eigenvalue weighted by Gasteiger charge is -2.03. The topological polar surface area (TPSA) is 94.3 Å². The highest BCUT2D eigenvalue weighted by Crippen LogP contribution is 2.22. The fourth-order valence-electron chi connectivity index (χ4n) is 1.50. The zero-order chi connectivity index (χ0) is 14.5. The van der Waals surface area contributed by atoms with E-state index >= 15 is 0 Å². The Morgan fingerprint density at radius 3 is 2.95 bits per heavy atom. The first kappa shape index (κ1) is 14.0. The number of ether oxygens (including phenoxy) is 1. The third-order valence-electron chi connectivity index (χ3n) is 2.39. The molecule has 0 bridgehead atoms. The Morgan fingerprint density at radius 2 is 2.25 bits per heavy atom. The Hall–Kier alpha value is -2.41. The lowest BCUT2D eigenvalue weighted by atomic mass is 10.2. The number of benzene rings is 1. The van der Waals surface area contributed by atoms with E-state index in [4.69, 9.17) is 10.5 Å². The van der Waals surface area contributed by atoms with Crippen LogP contribution in [-0.2, 0) is 4.74 Å². The average molecular weight is 291 g/mol. The first-order valence-electron chi connectivity index (χ1n) is 5.89. The molecule has 0 aliphatic carbocycles. The predicted molar refractivity (Wildman–Crippen MR) is 76.3 cm³/mol. The molecule has 1 aromatic heterocycles. The molecule has 20 heavy (non-hydrogen) atoms. The van der Waals surface area contributed by atoms with Crippen molar-refractivity contribution in [1.29, 1.82) is 0 Å². The zero-order valence-corrected chi connectivity index (χ0v) is 11.6. The second-order valence-electron chi connectivity index (χ2n) is 3.83. The molecule has 0 radical (unpaired) electrons. The van der Waals surface area contributed by atoms with Gasteiger partial charge >= 0.3 is 5.97 Å². The van der Waals surface area contributed by atoms with Crippen molar-refractivity contribution in [2.45, 2.75) is 6.92 Å². The number of primary amides is 1. The van der Waals surface area contributed by atoms with Crippen LogP contribution in [0.1, 0.15) is 27.8 Å². The van der Waals surface area contributed by atoms with Gasteiger partial charge in [-0.25, -0.2) is 9.78 Å². The molecule has 0 fully saturated rings. The highest BCUT2D eigenvalue weighted by atomic mass is 32.1. The summed E-state index contributed by atoms with van der Waals surface area (Å²) in [6.07, 6.45) is 0. The van der Waals surface area contributed by atoms with Gasteiger partial charge in [0.1, 0.15) is 0 Å². The SMILES string of the molecule is CCOC(=O)c1csc(Nc2cccc(C(N)=O)c2)n1. The van der Waals surface area contributed by atoms with Crippen molar-refractivity contribution >= 4 is 34.0 Å². The molecular weight excluding hydrogens is 278 g/mol. The summed E-state index contributed by atoms with van der Waals surface area (Å²) in [5, 5.41) is 5.15. The molecule has 2 aromatic rings. The van der Waals surface area contributed by atoms with Crippen LogP contribution in [0, 0.1) is 0 Å². The van der Waals surface area contributed by atoms with Crippen molar-refractivity contribution in [3.8, 4) is 0 Å². The number of hydrogen-bond acceptors (Lipinski definition) is 6. The van der Waals surface area contributed by atoms with Crippen molar-refractivity contribution in [2.24, 2.45) is 5.73 Å². The van der Waals surface area contributed by atoms with Gasteiger partial charge in [0.2, 0.25) is 5.91 Å². The van der Waals surface area contributed by atoms with Crippen molar-refractivity contribution in [3.05, 3.63) is 40.9 Å². The van der Waals surface area contributed by atoms with Gasteiger partial charge in [0.25, 0.3) is 0 Å². The van der Waals surface area contributed by atoms with E-state index in [1.165, 1.54) is 11.3 Å². The van der Waals surface area contributed by atoms with Crippen molar-refractivity contribution < 1.29 is 14.3 Å². The lowest BCUT2D eigenvalue weighted by Crippen LogP contribution is -2.10. The molecule has 104 valence electrons. The van der Waals surface area contributed by atoms with Crippen LogP contribution in [0.3, 0.4) is 0 Å². The predicted octanol–water partition coefficient (Wildman–Crippen LogP) is 2.16. The number of carbonyl (C=O) groups is 2. The number of carbonyl (C=O) groups excluding carboxylic acids is 2. The van der Waals surface area contributed by atoms with Crippen molar-refractivity contribution in [1.82, 2.24) is 4.98 Å². The second kappa shape index (κ2) is 6.16. The second-order valence-corrected chi connectivity index (χ2v) is 4.69. The van der Waals surface area contributed by atoms with Crippen LogP contribution in [0.4, 0.5) is 10.8 Å². The van der Waals surface area contributed by atoms with Crippen molar-refractivity contribution in [2.75, 3.05) is 11.9 Å². The molecule has 7 heteroatoms. The molecule has 1 amide bonds. The fraction of sp³-hybridized carbons (Fsp3) is 0.154. The van der Waals surface area contributed by atoms with Gasteiger partial charge in [-0.15, -0.1) is 11.3 Å². The fourth-order valence-corrected chi connectivity index (χ4v) is 2.20. The van der Waals surface area contributed by atoms with E-state index in [1.807, 2.05) is 0 Å². The summed E-state index contributed by atoms with van der Waals surface area (Å²) in [7, 11) is 0. The van der Waals surface area contributed by atoms with E-state index < -0.39 is 11.9 Å². The minimum atomic E-state index is -0.500. The number of esters is 1. The highest BCUT2D eigenvalue weighted by Gasteiger charge is 2.11. The normalized spacial score (nSPS) is 10.1. The van der Waals surface area contributed by atoms with Gasteiger partial charge < -0.3 is 15.8 Å². The Bertz CT molecular complexity index is 639. The van der Waals surface area contributed by atoms with Gasteiger partial charge in [0.15, 0.2) is 10.8 Å². The van der Waals surface area contributed by atoms with E-state index in [1.54, 1.807) is 36.6 Å². The smallest absolute Gasteiger partial charge is 0.357 e. The molecule has 0 atom stereocenters. The van der Waals surface area contributed by atoms with Crippen LogP contribution < -0.4 is 11.1 Å². The van der Waals surface area contributed by atoms with Gasteiger partial charge in [-0.3, -0.25) is 4.79 Å². The third-order valence-corrected chi connectivity index (χ3v) is 3.14. The maximum atomic E-state index is 11.5. The van der Waals surface area contributed by atoms with E-state index in [-0.39, 0.29) is 5.69 Å². The van der Waals surface area contributed by atoms with Gasteiger partial charge in [0.05, 0.1) is 6.61 Å². The van der Waals surface area contributed by atoms with E-state index in [0.717, 1.165) is 0 Å². The Kier molecular flexibility index (Phi) is 4.31. The van der Waals surface area contributed by atoms with E-state index in [9.17, 15) is 9.59 Å². The minimum Gasteiger partial charge on any atom is -0.461 e. The number of anilines is 2. The molecule has 0 aliphatic rings.